The van der Waals surface area contributed by atoms with Crippen LogP contribution >= 0.6 is 11.3 Å². The van der Waals surface area contributed by atoms with Crippen molar-refractivity contribution >= 4 is 33.3 Å². The topological polar surface area (TPSA) is 136 Å². The van der Waals surface area contributed by atoms with Gasteiger partial charge in [0, 0.05) is 48.9 Å². The molecule has 1 aromatic carbocycles. The average Bonchev–Trinajstić information content (AvgIpc) is 3.61. The molecular weight excluding hydrogens is 545 g/mol. The highest BCUT2D eigenvalue weighted by atomic mass is 32.1. The molecule has 210 valence electrons. The summed E-state index contributed by atoms with van der Waals surface area (Å²) in [6.45, 7) is 1.11. The van der Waals surface area contributed by atoms with Crippen molar-refractivity contribution in [3.8, 4) is 10.6 Å². The Hall–Kier alpha value is -3.39. The number of anilines is 2. The number of nitrogens with one attached hydrogen (secondary N) is 2. The van der Waals surface area contributed by atoms with E-state index in [4.69, 9.17) is 4.98 Å². The fraction of sp³-hybridized carbons (Fsp3) is 0.407. The second kappa shape index (κ2) is 10.5. The van der Waals surface area contributed by atoms with Gasteiger partial charge in [-0.1, -0.05) is 0 Å². The van der Waals surface area contributed by atoms with Crippen LogP contribution in [-0.4, -0.2) is 60.1 Å². The van der Waals surface area contributed by atoms with Crippen LogP contribution in [-0.2, 0) is 6.54 Å². The lowest BCUT2D eigenvalue weighted by atomic mass is 10.1. The number of aliphatic hydroxyl groups excluding tert-OH is 3. The van der Waals surface area contributed by atoms with Crippen molar-refractivity contribution in [2.24, 2.45) is 5.92 Å². The Morgan fingerprint density at radius 2 is 1.80 bits per heavy atom. The number of aliphatic hydroxyl groups is 3. The van der Waals surface area contributed by atoms with E-state index in [9.17, 15) is 28.5 Å². The maximum atomic E-state index is 14.2. The van der Waals surface area contributed by atoms with E-state index in [0.29, 0.717) is 40.1 Å². The Morgan fingerprint density at radius 1 is 1.05 bits per heavy atom. The molecule has 2 aliphatic rings. The van der Waals surface area contributed by atoms with Gasteiger partial charge in [-0.2, -0.15) is 4.98 Å². The molecule has 13 heteroatoms. The van der Waals surface area contributed by atoms with Gasteiger partial charge in [0.1, 0.15) is 39.9 Å². The van der Waals surface area contributed by atoms with Crippen LogP contribution in [0.15, 0.2) is 24.4 Å². The molecule has 9 nitrogen and oxygen atoms in total. The molecule has 3 aromatic heterocycles. The van der Waals surface area contributed by atoms with Gasteiger partial charge >= 0.3 is 0 Å². The minimum atomic E-state index is -1.17. The summed E-state index contributed by atoms with van der Waals surface area (Å²) in [7, 11) is 0. The summed E-state index contributed by atoms with van der Waals surface area (Å²) in [6, 6.07) is 2.46. The third-order valence-corrected chi connectivity index (χ3v) is 8.53. The molecule has 3 heterocycles. The number of benzene rings is 1. The molecule has 2 saturated carbocycles. The van der Waals surface area contributed by atoms with Crippen molar-refractivity contribution in [1.29, 1.82) is 0 Å². The highest BCUT2D eigenvalue weighted by Crippen LogP contribution is 2.44. The number of fused-ring (bicyclic) bond motifs is 1. The summed E-state index contributed by atoms with van der Waals surface area (Å²) < 4.78 is 42.7. The zero-order chi connectivity index (χ0) is 28.1. The van der Waals surface area contributed by atoms with Crippen molar-refractivity contribution in [1.82, 2.24) is 19.9 Å². The van der Waals surface area contributed by atoms with E-state index < -0.39 is 41.6 Å². The van der Waals surface area contributed by atoms with Crippen LogP contribution in [0.4, 0.5) is 24.9 Å². The zero-order valence-electron chi connectivity index (χ0n) is 21.4. The largest absolute Gasteiger partial charge is 0.396 e. The lowest BCUT2D eigenvalue weighted by molar-refractivity contribution is 0.00446. The lowest BCUT2D eigenvalue weighted by Gasteiger charge is -2.21. The van der Waals surface area contributed by atoms with Gasteiger partial charge in [0.05, 0.1) is 33.8 Å². The van der Waals surface area contributed by atoms with Crippen molar-refractivity contribution in [3.63, 3.8) is 0 Å². The smallest absolute Gasteiger partial charge is 0.225 e. The van der Waals surface area contributed by atoms with Crippen LogP contribution in [0.5, 0.6) is 0 Å². The van der Waals surface area contributed by atoms with Gasteiger partial charge in [0.2, 0.25) is 5.95 Å². The van der Waals surface area contributed by atoms with Crippen LogP contribution in [0.1, 0.15) is 42.1 Å². The normalized spacial score (nSPS) is 22.7. The number of pyridine rings is 1. The Bertz CT molecular complexity index is 1560. The van der Waals surface area contributed by atoms with Gasteiger partial charge in [-0.25, -0.2) is 23.1 Å². The molecule has 0 bridgehead atoms. The van der Waals surface area contributed by atoms with E-state index >= 15 is 0 Å². The molecule has 0 aliphatic heterocycles. The van der Waals surface area contributed by atoms with E-state index in [1.165, 1.54) is 11.3 Å². The number of hydrogen-bond donors (Lipinski definition) is 5. The van der Waals surface area contributed by atoms with Crippen molar-refractivity contribution in [2.75, 3.05) is 17.2 Å². The Kier molecular flexibility index (Phi) is 7.07. The van der Waals surface area contributed by atoms with E-state index in [-0.39, 0.29) is 31.1 Å². The molecule has 40 heavy (non-hydrogen) atoms. The van der Waals surface area contributed by atoms with Crippen molar-refractivity contribution in [3.05, 3.63) is 58.8 Å². The SMILES string of the molecule is Cc1nc(NCc2c(F)cc(F)cc2F)nc(N[C@@H]2C[C@H](CO)[C@@H](O)[C@H]2O)c1-c1nc2c(C3CC3)nccc2s1. The van der Waals surface area contributed by atoms with Crippen LogP contribution in [0.25, 0.3) is 20.8 Å². The molecule has 0 amide bonds. The monoisotopic (exact) mass is 572 g/mol. The summed E-state index contributed by atoms with van der Waals surface area (Å²) in [5.41, 5.74) is 2.48. The first kappa shape index (κ1) is 26.8. The number of rotatable bonds is 8. The highest BCUT2D eigenvalue weighted by Gasteiger charge is 2.41. The summed E-state index contributed by atoms with van der Waals surface area (Å²) >= 11 is 1.45. The number of aryl methyl sites for hydroxylation is 1. The maximum absolute atomic E-state index is 14.2. The number of nitrogens with zero attached hydrogens (tertiary/aromatic N) is 4. The predicted molar refractivity (Wildman–Crippen MR) is 143 cm³/mol. The number of halogens is 3. The summed E-state index contributed by atoms with van der Waals surface area (Å²) in [5, 5.41) is 37.3. The molecule has 0 spiro atoms. The number of aromatic nitrogens is 4. The molecule has 6 rings (SSSR count). The maximum Gasteiger partial charge on any atom is 0.225 e. The van der Waals surface area contributed by atoms with Crippen LogP contribution in [0.3, 0.4) is 0 Å². The second-order valence-electron chi connectivity index (χ2n) is 10.3. The van der Waals surface area contributed by atoms with E-state index in [1.54, 1.807) is 13.1 Å². The number of thiazole rings is 1. The van der Waals surface area contributed by atoms with Crippen molar-refractivity contribution < 1.29 is 28.5 Å². The summed E-state index contributed by atoms with van der Waals surface area (Å²) in [6.07, 6.45) is 1.90. The second-order valence-corrected chi connectivity index (χ2v) is 11.3. The van der Waals surface area contributed by atoms with Crippen molar-refractivity contribution in [2.45, 2.75) is 56.9 Å². The first-order valence-electron chi connectivity index (χ1n) is 13.0. The Morgan fingerprint density at radius 3 is 2.48 bits per heavy atom. The predicted octanol–water partition coefficient (Wildman–Crippen LogP) is 3.88. The quantitative estimate of drug-likeness (QED) is 0.213. The van der Waals surface area contributed by atoms with Gasteiger partial charge in [-0.05, 0) is 32.3 Å². The van der Waals surface area contributed by atoms with Gasteiger partial charge in [0.25, 0.3) is 0 Å². The minimum absolute atomic E-state index is 0.0417. The molecule has 4 atom stereocenters. The molecule has 5 N–H and O–H groups in total. The lowest BCUT2D eigenvalue weighted by Crippen LogP contribution is -2.35. The van der Waals surface area contributed by atoms with E-state index in [1.807, 2.05) is 6.07 Å². The third kappa shape index (κ3) is 4.98. The number of hydrogen-bond acceptors (Lipinski definition) is 10. The zero-order valence-corrected chi connectivity index (χ0v) is 22.2. The minimum Gasteiger partial charge on any atom is -0.396 e. The molecule has 2 fully saturated rings. The fourth-order valence-corrected chi connectivity index (χ4v) is 6.25. The van der Waals surface area contributed by atoms with Gasteiger partial charge < -0.3 is 26.0 Å². The highest BCUT2D eigenvalue weighted by molar-refractivity contribution is 7.21. The Labute approximate surface area is 231 Å². The van der Waals surface area contributed by atoms with E-state index in [2.05, 4.69) is 25.6 Å². The summed E-state index contributed by atoms with van der Waals surface area (Å²) in [4.78, 5) is 18.5. The van der Waals surface area contributed by atoms with Gasteiger partial charge in [-0.15, -0.1) is 11.3 Å². The first-order chi connectivity index (χ1) is 19.2. The van der Waals surface area contributed by atoms with Crippen LogP contribution < -0.4 is 10.6 Å². The first-order valence-corrected chi connectivity index (χ1v) is 13.8. The molecule has 0 saturated heterocycles. The molecular formula is C27H27F3N6O3S. The third-order valence-electron chi connectivity index (χ3n) is 7.49. The Balaban J connectivity index is 1.39. The van der Waals surface area contributed by atoms with E-state index in [0.717, 1.165) is 28.8 Å². The fourth-order valence-electron chi connectivity index (χ4n) is 5.18. The van der Waals surface area contributed by atoms with Crippen LogP contribution in [0.2, 0.25) is 0 Å². The summed E-state index contributed by atoms with van der Waals surface area (Å²) in [5.74, 6) is -2.89. The van der Waals surface area contributed by atoms with Gasteiger partial charge in [0.15, 0.2) is 0 Å². The molecule has 4 aromatic rings. The van der Waals surface area contributed by atoms with Gasteiger partial charge in [-0.3, -0.25) is 4.98 Å². The standard InChI is InChI=1S/C27H27F3N6O3S/c1-11-20(26-35-22-19(40-26)4-5-31-21(22)12-2-3-12)25(34-18-6-13(10-37)23(38)24(18)39)36-27(33-11)32-9-15-16(29)7-14(28)8-17(15)30/h4-5,7-8,12-13,18,23-24,37-39H,2-3,6,9-10H2,1H3,(H2,32,33,34,36)/t13-,18-,23-,24+/m1/s1. The molecule has 0 unspecified atom stereocenters. The molecule has 2 aliphatic carbocycles. The average molecular weight is 573 g/mol. The van der Waals surface area contributed by atoms with Crippen LogP contribution in [0, 0.1) is 30.3 Å². The molecule has 0 radical (unpaired) electrons.